The molecule has 0 bridgehead atoms. The van der Waals surface area contributed by atoms with Gasteiger partial charge in [0.05, 0.1) is 29.5 Å². The minimum absolute atomic E-state index is 0.168. The number of pyridine rings is 3. The van der Waals surface area contributed by atoms with Crippen molar-refractivity contribution in [2.24, 2.45) is 0 Å². The van der Waals surface area contributed by atoms with Gasteiger partial charge in [0.1, 0.15) is 22.5 Å². The van der Waals surface area contributed by atoms with Crippen molar-refractivity contribution in [3.63, 3.8) is 0 Å². The van der Waals surface area contributed by atoms with Gasteiger partial charge in [-0.2, -0.15) is 5.10 Å². The normalized spacial score (nSPS) is 11.2. The third-order valence-corrected chi connectivity index (χ3v) is 6.75. The molecule has 10 heteroatoms. The number of carbonyl (C=O) groups is 1. The second-order valence-electron chi connectivity index (χ2n) is 9.51. The molecule has 0 fully saturated rings. The number of halogens is 1. The van der Waals surface area contributed by atoms with Gasteiger partial charge in [-0.15, -0.1) is 0 Å². The number of hydrogen-bond acceptors (Lipinski definition) is 6. The van der Waals surface area contributed by atoms with Gasteiger partial charge in [-0.3, -0.25) is 24.8 Å². The lowest BCUT2D eigenvalue weighted by Gasteiger charge is -2.08. The molecule has 7 aromatic rings. The average molecular weight is 541 g/mol. The molecule has 0 spiro atoms. The van der Waals surface area contributed by atoms with Crippen molar-refractivity contribution < 1.29 is 9.18 Å². The molecule has 3 N–H and O–H groups in total. The highest BCUT2D eigenvalue weighted by Gasteiger charge is 2.19. The molecule has 5 heterocycles. The van der Waals surface area contributed by atoms with Crippen LogP contribution in [0.1, 0.15) is 5.56 Å². The fraction of sp³-hybridized carbons (Fsp3) is 0.0323. The monoisotopic (exact) mass is 540 g/mol. The van der Waals surface area contributed by atoms with Gasteiger partial charge in [0.2, 0.25) is 5.91 Å². The number of rotatable bonds is 6. The largest absolute Gasteiger partial charge is 0.336 e. The topological polar surface area (TPSA) is 125 Å². The number of aromatic nitrogens is 7. The molecule has 1 amide bonds. The number of fused-ring (bicyclic) bond motifs is 2. The average Bonchev–Trinajstić information content (AvgIpc) is 3.63. The third kappa shape index (κ3) is 4.67. The van der Waals surface area contributed by atoms with E-state index in [-0.39, 0.29) is 17.8 Å². The Bertz CT molecular complexity index is 2040. The van der Waals surface area contributed by atoms with E-state index in [4.69, 9.17) is 4.98 Å². The minimum atomic E-state index is -0.469. The van der Waals surface area contributed by atoms with E-state index < -0.39 is 5.82 Å². The zero-order chi connectivity index (χ0) is 27.8. The first-order valence-electron chi connectivity index (χ1n) is 12.8. The van der Waals surface area contributed by atoms with E-state index in [1.165, 1.54) is 6.07 Å². The van der Waals surface area contributed by atoms with Crippen LogP contribution in [0, 0.1) is 5.82 Å². The molecule has 0 aliphatic carbocycles. The summed E-state index contributed by atoms with van der Waals surface area (Å²) in [4.78, 5) is 33.6. The lowest BCUT2D eigenvalue weighted by molar-refractivity contribution is -0.115. The molecule has 0 aliphatic heterocycles. The second kappa shape index (κ2) is 10.1. The first-order valence-corrected chi connectivity index (χ1v) is 12.8. The van der Waals surface area contributed by atoms with Crippen LogP contribution in [0.25, 0.3) is 55.8 Å². The predicted octanol–water partition coefficient (Wildman–Crippen LogP) is 5.95. The highest BCUT2D eigenvalue weighted by atomic mass is 19.1. The summed E-state index contributed by atoms with van der Waals surface area (Å²) in [6.45, 7) is 0. The number of amides is 1. The van der Waals surface area contributed by atoms with Crippen LogP contribution in [-0.4, -0.2) is 41.0 Å². The first-order chi connectivity index (χ1) is 20.1. The Morgan fingerprint density at radius 3 is 2.59 bits per heavy atom. The van der Waals surface area contributed by atoms with E-state index in [2.05, 4.69) is 35.5 Å². The molecule has 0 saturated carbocycles. The van der Waals surface area contributed by atoms with Crippen LogP contribution in [0.15, 0.2) is 97.7 Å². The summed E-state index contributed by atoms with van der Waals surface area (Å²) in [5, 5.41) is 10.6. The lowest BCUT2D eigenvalue weighted by atomic mass is 10.0. The van der Waals surface area contributed by atoms with Crippen LogP contribution in [-0.2, 0) is 11.2 Å². The summed E-state index contributed by atoms with van der Waals surface area (Å²) in [5.74, 6) is -0.163. The Hall–Kier alpha value is -5.77. The maximum Gasteiger partial charge on any atom is 0.228 e. The maximum atomic E-state index is 15.3. The molecule has 5 aromatic heterocycles. The molecule has 0 radical (unpaired) electrons. The fourth-order valence-corrected chi connectivity index (χ4v) is 4.84. The summed E-state index contributed by atoms with van der Waals surface area (Å²) in [7, 11) is 0. The summed E-state index contributed by atoms with van der Waals surface area (Å²) in [5.41, 5.74) is 6.32. The van der Waals surface area contributed by atoms with E-state index in [0.717, 1.165) is 16.6 Å². The van der Waals surface area contributed by atoms with Crippen LogP contribution in [0.2, 0.25) is 0 Å². The number of carbonyl (C=O) groups excluding carboxylic acids is 1. The van der Waals surface area contributed by atoms with Gasteiger partial charge in [-0.25, -0.2) is 9.37 Å². The van der Waals surface area contributed by atoms with E-state index >= 15 is 4.39 Å². The Morgan fingerprint density at radius 1 is 0.854 bits per heavy atom. The van der Waals surface area contributed by atoms with Gasteiger partial charge in [0, 0.05) is 41.3 Å². The highest BCUT2D eigenvalue weighted by Crippen LogP contribution is 2.34. The Labute approximate surface area is 232 Å². The summed E-state index contributed by atoms with van der Waals surface area (Å²) < 4.78 is 15.3. The van der Waals surface area contributed by atoms with E-state index in [9.17, 15) is 4.79 Å². The predicted molar refractivity (Wildman–Crippen MR) is 154 cm³/mol. The third-order valence-electron chi connectivity index (χ3n) is 6.75. The number of H-pyrrole nitrogens is 2. The zero-order valence-electron chi connectivity index (χ0n) is 21.5. The van der Waals surface area contributed by atoms with Crippen LogP contribution in [0.3, 0.4) is 0 Å². The van der Waals surface area contributed by atoms with Gasteiger partial charge in [0.25, 0.3) is 0 Å². The molecule has 198 valence electrons. The molecule has 9 nitrogen and oxygen atoms in total. The molecule has 2 aromatic carbocycles. The van der Waals surface area contributed by atoms with E-state index in [1.807, 2.05) is 54.6 Å². The smallest absolute Gasteiger partial charge is 0.228 e. The number of hydrogen-bond donors (Lipinski definition) is 3. The van der Waals surface area contributed by atoms with Crippen molar-refractivity contribution in [2.45, 2.75) is 6.42 Å². The van der Waals surface area contributed by atoms with Crippen molar-refractivity contribution in [1.29, 1.82) is 0 Å². The second-order valence-corrected chi connectivity index (χ2v) is 9.51. The highest BCUT2D eigenvalue weighted by molar-refractivity contribution is 5.98. The van der Waals surface area contributed by atoms with Crippen LogP contribution in [0.4, 0.5) is 10.1 Å². The van der Waals surface area contributed by atoms with Crippen molar-refractivity contribution in [3.05, 3.63) is 109 Å². The molecule has 41 heavy (non-hydrogen) atoms. The Morgan fingerprint density at radius 2 is 1.73 bits per heavy atom. The molecule has 0 saturated heterocycles. The van der Waals surface area contributed by atoms with Crippen molar-refractivity contribution in [1.82, 2.24) is 35.1 Å². The number of nitrogens with one attached hydrogen (secondary N) is 3. The van der Waals surface area contributed by atoms with E-state index in [1.54, 1.807) is 37.1 Å². The maximum absolute atomic E-state index is 15.3. The number of imidazole rings is 1. The van der Waals surface area contributed by atoms with Gasteiger partial charge in [0.15, 0.2) is 5.82 Å². The molecular weight excluding hydrogens is 519 g/mol. The van der Waals surface area contributed by atoms with Crippen molar-refractivity contribution >= 4 is 33.5 Å². The van der Waals surface area contributed by atoms with Gasteiger partial charge in [-0.1, -0.05) is 30.3 Å². The van der Waals surface area contributed by atoms with Crippen LogP contribution < -0.4 is 5.32 Å². The number of benzene rings is 2. The van der Waals surface area contributed by atoms with Gasteiger partial charge >= 0.3 is 0 Å². The minimum Gasteiger partial charge on any atom is -0.336 e. The number of nitrogens with zero attached hydrogens (tertiary/aromatic N) is 5. The number of anilines is 1. The lowest BCUT2D eigenvalue weighted by Crippen LogP contribution is -2.14. The van der Waals surface area contributed by atoms with Crippen molar-refractivity contribution in [2.75, 3.05) is 5.32 Å². The quantitative estimate of drug-likeness (QED) is 0.240. The molecule has 0 atom stereocenters. The van der Waals surface area contributed by atoms with Crippen LogP contribution in [0.5, 0.6) is 0 Å². The first kappa shape index (κ1) is 24.3. The fourth-order valence-electron chi connectivity index (χ4n) is 4.84. The molecular formula is C31H21FN8O. The van der Waals surface area contributed by atoms with Gasteiger partial charge in [-0.05, 0) is 47.5 Å². The number of aromatic amines is 2. The molecule has 0 unspecified atom stereocenters. The Kier molecular flexibility index (Phi) is 5.97. The van der Waals surface area contributed by atoms with Crippen LogP contribution >= 0.6 is 0 Å². The summed E-state index contributed by atoms with van der Waals surface area (Å²) in [6.07, 6.45) is 8.55. The standard InChI is InChI=1S/C31H21FN8O/c32-24-14-20(21-12-22(17-34-16-21)36-26(41)11-18-5-2-1-3-6-18)13-23-28(24)39-40-29(23)31-37-25-8-10-35-27(30(25)38-31)19-7-4-9-33-15-19/h1-10,12-17H,11H2,(H,36,41)(H,37,38)(H,39,40). The Balaban J connectivity index is 1.24. The van der Waals surface area contributed by atoms with Crippen molar-refractivity contribution in [3.8, 4) is 33.9 Å². The SMILES string of the molecule is O=C(Cc1ccccc1)Nc1cncc(-c2cc(F)c3[nH]nc(-c4nc5c(-c6cccnc6)nccc5[nH]4)c3c2)c1. The van der Waals surface area contributed by atoms with E-state index in [0.29, 0.717) is 44.9 Å². The summed E-state index contributed by atoms with van der Waals surface area (Å²) >= 11 is 0. The molecule has 7 rings (SSSR count). The van der Waals surface area contributed by atoms with Gasteiger partial charge < -0.3 is 10.3 Å². The summed E-state index contributed by atoms with van der Waals surface area (Å²) in [6, 6.07) is 20.1. The zero-order valence-corrected chi connectivity index (χ0v) is 21.5. The molecule has 0 aliphatic rings.